The quantitative estimate of drug-likeness (QED) is 0.444. The van der Waals surface area contributed by atoms with E-state index in [4.69, 9.17) is 8.83 Å². The van der Waals surface area contributed by atoms with E-state index in [9.17, 15) is 4.79 Å². The van der Waals surface area contributed by atoms with Crippen molar-refractivity contribution in [1.29, 1.82) is 0 Å². The van der Waals surface area contributed by atoms with E-state index < -0.39 is 0 Å². The molecular weight excluding hydrogens is 388 g/mol. The normalized spacial score (nSPS) is 10.8. The van der Waals surface area contributed by atoms with E-state index >= 15 is 0 Å². The van der Waals surface area contributed by atoms with Gasteiger partial charge in [0.1, 0.15) is 5.69 Å². The van der Waals surface area contributed by atoms with Gasteiger partial charge in [-0.1, -0.05) is 42.1 Å². The van der Waals surface area contributed by atoms with Crippen LogP contribution in [0.15, 0.2) is 81.1 Å². The molecule has 0 aliphatic rings. The molecule has 0 aliphatic heterocycles. The summed E-state index contributed by atoms with van der Waals surface area (Å²) in [4.78, 5) is 16.7. The van der Waals surface area contributed by atoms with Crippen LogP contribution in [-0.2, 0) is 11.2 Å². The highest BCUT2D eigenvalue weighted by atomic mass is 32.2. The van der Waals surface area contributed by atoms with E-state index in [0.29, 0.717) is 34.6 Å². The molecule has 0 spiro atoms. The maximum atomic E-state index is 12.1. The SMILES string of the molecule is O=C(CSc1nnc(-c2ccco2)c(-c2ccco2)n1)NCCc1ccccc1. The molecule has 0 atom stereocenters. The minimum absolute atomic E-state index is 0.0795. The first-order valence-electron chi connectivity index (χ1n) is 9.05. The molecule has 0 aliphatic carbocycles. The number of benzene rings is 1. The third-order valence-corrected chi connectivity index (χ3v) is 4.93. The van der Waals surface area contributed by atoms with Crippen LogP contribution in [0.3, 0.4) is 0 Å². The van der Waals surface area contributed by atoms with Crippen LogP contribution in [0.25, 0.3) is 22.9 Å². The standard InChI is InChI=1S/C21H18N4O3S/c26-18(22-11-10-15-6-2-1-3-7-15)14-29-21-23-19(16-8-4-12-27-16)20(24-25-21)17-9-5-13-28-17/h1-9,12-13H,10-11,14H2,(H,22,26). The molecule has 3 aromatic heterocycles. The molecule has 1 aromatic carbocycles. The Balaban J connectivity index is 1.39. The fourth-order valence-corrected chi connectivity index (χ4v) is 3.33. The summed E-state index contributed by atoms with van der Waals surface area (Å²) in [6.45, 7) is 0.581. The van der Waals surface area contributed by atoms with E-state index in [1.165, 1.54) is 17.3 Å². The number of thioether (sulfide) groups is 1. The lowest BCUT2D eigenvalue weighted by Crippen LogP contribution is -2.27. The van der Waals surface area contributed by atoms with E-state index in [2.05, 4.69) is 20.5 Å². The van der Waals surface area contributed by atoms with Gasteiger partial charge in [-0.15, -0.1) is 10.2 Å². The minimum atomic E-state index is -0.0795. The highest BCUT2D eigenvalue weighted by molar-refractivity contribution is 7.99. The Labute approximate surface area is 171 Å². The summed E-state index contributed by atoms with van der Waals surface area (Å²) in [5.41, 5.74) is 2.19. The average molecular weight is 406 g/mol. The van der Waals surface area contributed by atoms with E-state index in [0.717, 1.165) is 6.42 Å². The van der Waals surface area contributed by atoms with E-state index in [-0.39, 0.29) is 11.7 Å². The van der Waals surface area contributed by atoms with Gasteiger partial charge in [0.05, 0.1) is 18.3 Å². The Morgan fingerprint density at radius 2 is 1.62 bits per heavy atom. The minimum Gasteiger partial charge on any atom is -0.463 e. The fourth-order valence-electron chi connectivity index (χ4n) is 2.71. The second kappa shape index (κ2) is 9.20. The first-order valence-corrected chi connectivity index (χ1v) is 10.0. The van der Waals surface area contributed by atoms with Crippen molar-refractivity contribution in [2.75, 3.05) is 12.3 Å². The Hall–Kier alpha value is -3.39. The summed E-state index contributed by atoms with van der Waals surface area (Å²) in [5, 5.41) is 11.7. The highest BCUT2D eigenvalue weighted by Gasteiger charge is 2.18. The molecule has 4 rings (SSSR count). The van der Waals surface area contributed by atoms with Gasteiger partial charge in [-0.2, -0.15) is 0 Å². The molecule has 1 N–H and O–H groups in total. The monoisotopic (exact) mass is 406 g/mol. The molecule has 7 nitrogen and oxygen atoms in total. The number of amides is 1. The number of rotatable bonds is 8. The van der Waals surface area contributed by atoms with Gasteiger partial charge in [-0.25, -0.2) is 4.98 Å². The summed E-state index contributed by atoms with van der Waals surface area (Å²) in [5.74, 6) is 1.23. The Morgan fingerprint density at radius 3 is 2.31 bits per heavy atom. The van der Waals surface area contributed by atoms with E-state index in [1.807, 2.05) is 30.3 Å². The van der Waals surface area contributed by atoms with Crippen molar-refractivity contribution in [2.24, 2.45) is 0 Å². The van der Waals surface area contributed by atoms with Crippen LogP contribution >= 0.6 is 11.8 Å². The lowest BCUT2D eigenvalue weighted by Gasteiger charge is -2.06. The predicted octanol–water partition coefficient (Wildman–Crippen LogP) is 3.84. The number of nitrogens with zero attached hydrogens (tertiary/aromatic N) is 3. The zero-order chi connectivity index (χ0) is 19.9. The molecule has 8 heteroatoms. The number of carbonyl (C=O) groups is 1. The molecule has 0 radical (unpaired) electrons. The zero-order valence-electron chi connectivity index (χ0n) is 15.4. The van der Waals surface area contributed by atoms with Crippen molar-refractivity contribution in [3.8, 4) is 22.9 Å². The van der Waals surface area contributed by atoms with Crippen LogP contribution in [-0.4, -0.2) is 33.4 Å². The summed E-state index contributed by atoms with van der Waals surface area (Å²) >= 11 is 1.22. The molecule has 0 saturated carbocycles. The smallest absolute Gasteiger partial charge is 0.230 e. The highest BCUT2D eigenvalue weighted by Crippen LogP contribution is 2.30. The van der Waals surface area contributed by atoms with Crippen molar-refractivity contribution in [2.45, 2.75) is 11.6 Å². The van der Waals surface area contributed by atoms with Crippen LogP contribution < -0.4 is 5.32 Å². The second-order valence-corrected chi connectivity index (χ2v) is 7.06. The van der Waals surface area contributed by atoms with Gasteiger partial charge in [-0.3, -0.25) is 4.79 Å². The molecule has 4 aromatic rings. The van der Waals surface area contributed by atoms with Gasteiger partial charge in [0.25, 0.3) is 0 Å². The van der Waals surface area contributed by atoms with Crippen molar-refractivity contribution < 1.29 is 13.6 Å². The lowest BCUT2D eigenvalue weighted by atomic mass is 10.1. The predicted molar refractivity (Wildman–Crippen MR) is 109 cm³/mol. The fraction of sp³-hybridized carbons (Fsp3) is 0.143. The van der Waals surface area contributed by atoms with Gasteiger partial charge in [0, 0.05) is 6.54 Å². The zero-order valence-corrected chi connectivity index (χ0v) is 16.3. The van der Waals surface area contributed by atoms with Crippen molar-refractivity contribution in [1.82, 2.24) is 20.5 Å². The van der Waals surface area contributed by atoms with Gasteiger partial charge in [0.15, 0.2) is 17.2 Å². The number of aromatic nitrogens is 3. The molecule has 29 heavy (non-hydrogen) atoms. The summed E-state index contributed by atoms with van der Waals surface area (Å²) < 4.78 is 10.9. The number of nitrogens with one attached hydrogen (secondary N) is 1. The maximum absolute atomic E-state index is 12.1. The molecule has 146 valence electrons. The Morgan fingerprint density at radius 1 is 0.897 bits per heavy atom. The summed E-state index contributed by atoms with van der Waals surface area (Å²) in [6.07, 6.45) is 3.91. The maximum Gasteiger partial charge on any atom is 0.230 e. The van der Waals surface area contributed by atoms with Crippen LogP contribution in [0.1, 0.15) is 5.56 Å². The van der Waals surface area contributed by atoms with Gasteiger partial charge >= 0.3 is 0 Å². The number of furan rings is 2. The molecule has 0 fully saturated rings. The molecule has 1 amide bonds. The van der Waals surface area contributed by atoms with Crippen molar-refractivity contribution in [3.05, 3.63) is 72.7 Å². The van der Waals surface area contributed by atoms with E-state index in [1.54, 1.807) is 36.8 Å². The lowest BCUT2D eigenvalue weighted by molar-refractivity contribution is -0.118. The van der Waals surface area contributed by atoms with Gasteiger partial charge in [-0.05, 0) is 36.2 Å². The topological polar surface area (TPSA) is 94.0 Å². The molecule has 0 bridgehead atoms. The molecular formula is C21H18N4O3S. The third kappa shape index (κ3) is 4.91. The van der Waals surface area contributed by atoms with Crippen LogP contribution in [0.4, 0.5) is 0 Å². The number of hydrogen-bond acceptors (Lipinski definition) is 7. The van der Waals surface area contributed by atoms with Gasteiger partial charge in [0.2, 0.25) is 11.1 Å². The van der Waals surface area contributed by atoms with Crippen LogP contribution in [0, 0.1) is 0 Å². The summed E-state index contributed by atoms with van der Waals surface area (Å²) in [6, 6.07) is 17.1. The second-order valence-electron chi connectivity index (χ2n) is 6.12. The van der Waals surface area contributed by atoms with Crippen LogP contribution in [0.5, 0.6) is 0 Å². The number of hydrogen-bond donors (Lipinski definition) is 1. The number of carbonyl (C=O) groups excluding carboxylic acids is 1. The first-order chi connectivity index (χ1) is 14.3. The Kier molecular flexibility index (Phi) is 6.01. The van der Waals surface area contributed by atoms with Crippen molar-refractivity contribution >= 4 is 17.7 Å². The van der Waals surface area contributed by atoms with Crippen LogP contribution in [0.2, 0.25) is 0 Å². The van der Waals surface area contributed by atoms with Gasteiger partial charge < -0.3 is 14.2 Å². The molecule has 3 heterocycles. The Bertz CT molecular complexity index is 1050. The molecule has 0 saturated heterocycles. The summed E-state index contributed by atoms with van der Waals surface area (Å²) in [7, 11) is 0. The first kappa shape index (κ1) is 18.9. The molecule has 0 unspecified atom stereocenters. The third-order valence-electron chi connectivity index (χ3n) is 4.09. The van der Waals surface area contributed by atoms with Crippen molar-refractivity contribution in [3.63, 3.8) is 0 Å². The largest absolute Gasteiger partial charge is 0.463 e. The average Bonchev–Trinajstić information content (AvgIpc) is 3.47.